The lowest BCUT2D eigenvalue weighted by atomic mass is 10.2. The van der Waals surface area contributed by atoms with Crippen LogP contribution in [0.5, 0.6) is 0 Å². The molecule has 0 aliphatic carbocycles. The van der Waals surface area contributed by atoms with Crippen LogP contribution in [-0.4, -0.2) is 14.6 Å². The Morgan fingerprint density at radius 1 is 1.44 bits per heavy atom. The van der Waals surface area contributed by atoms with Gasteiger partial charge in [-0.2, -0.15) is 0 Å². The van der Waals surface area contributed by atoms with Crippen LogP contribution in [0.25, 0.3) is 0 Å². The van der Waals surface area contributed by atoms with E-state index in [2.05, 4.69) is 19.0 Å². The quantitative estimate of drug-likeness (QED) is 0.418. The number of hydrogen-bond donors (Lipinski definition) is 0. The molecule has 9 heavy (non-hydrogen) atoms. The Morgan fingerprint density at radius 2 is 1.89 bits per heavy atom. The lowest BCUT2D eigenvalue weighted by molar-refractivity contribution is 0.175. The maximum Gasteiger partial charge on any atom is 0.172 e. The summed E-state index contributed by atoms with van der Waals surface area (Å²) in [6.07, 6.45) is 5.20. The number of rotatable bonds is 2. The topological polar surface area (TPSA) is 9.23 Å². The van der Waals surface area contributed by atoms with E-state index >= 15 is 0 Å². The van der Waals surface area contributed by atoms with Gasteiger partial charge in [0.25, 0.3) is 0 Å². The largest absolute Gasteiger partial charge is 0.405 e. The zero-order valence-electron chi connectivity index (χ0n) is 6.56. The minimum absolute atomic E-state index is 0.347. The van der Waals surface area contributed by atoms with Crippen LogP contribution in [0.1, 0.15) is 13.8 Å². The Hall–Kier alpha value is -0.263. The monoisotopic (exact) mass is 142 g/mol. The van der Waals surface area contributed by atoms with Gasteiger partial charge in [-0.3, -0.25) is 0 Å². The molecule has 0 spiro atoms. The highest BCUT2D eigenvalue weighted by Crippen LogP contribution is 2.07. The zero-order valence-corrected chi connectivity index (χ0v) is 7.72. The second-order valence-corrected chi connectivity index (χ2v) is 5.15. The van der Waals surface area contributed by atoms with Gasteiger partial charge in [0.15, 0.2) is 9.04 Å². The molecule has 0 amide bonds. The summed E-state index contributed by atoms with van der Waals surface area (Å²) in [4.78, 5) is 0. The summed E-state index contributed by atoms with van der Waals surface area (Å²) in [7, 11) is -0.956. The molecule has 0 aliphatic heterocycles. The summed E-state index contributed by atoms with van der Waals surface area (Å²) in [6, 6.07) is 0. The van der Waals surface area contributed by atoms with Gasteiger partial charge in [-0.25, -0.2) is 0 Å². The minimum atomic E-state index is -0.956. The Balaban J connectivity index is 3.76. The van der Waals surface area contributed by atoms with Gasteiger partial charge in [-0.05, 0) is 26.9 Å². The average Bonchev–Trinajstić information content (AvgIpc) is 1.63. The fraction of sp³-hybridized carbons (Fsp3) is 0.714. The molecule has 0 fully saturated rings. The lowest BCUT2D eigenvalue weighted by Crippen LogP contribution is -2.27. The van der Waals surface area contributed by atoms with E-state index in [0.717, 1.165) is 0 Å². The molecule has 0 radical (unpaired) electrons. The number of terminal acetylenes is 1. The first-order valence-electron chi connectivity index (χ1n) is 3.13. The summed E-state index contributed by atoms with van der Waals surface area (Å²) in [6.45, 7) is 8.05. The summed E-state index contributed by atoms with van der Waals surface area (Å²) in [5.41, 5.74) is -0.347. The molecule has 0 saturated heterocycles. The van der Waals surface area contributed by atoms with Crippen LogP contribution in [0, 0.1) is 12.3 Å². The third-order valence-electron chi connectivity index (χ3n) is 0.878. The molecular weight excluding hydrogens is 128 g/mol. The highest BCUT2D eigenvalue weighted by atomic mass is 28.3. The summed E-state index contributed by atoms with van der Waals surface area (Å²) in [5.74, 6) is 2.59. The van der Waals surface area contributed by atoms with E-state index in [0.29, 0.717) is 0 Å². The van der Waals surface area contributed by atoms with Gasteiger partial charge in [-0.1, -0.05) is 5.92 Å². The van der Waals surface area contributed by atoms with Crippen LogP contribution >= 0.6 is 0 Å². The van der Waals surface area contributed by atoms with E-state index in [1.54, 1.807) is 0 Å². The normalized spacial score (nSPS) is 11.6. The highest BCUT2D eigenvalue weighted by Gasteiger charge is 2.15. The fourth-order valence-corrected chi connectivity index (χ4v) is 1.87. The van der Waals surface area contributed by atoms with Crippen LogP contribution in [0.3, 0.4) is 0 Å². The van der Waals surface area contributed by atoms with Crippen LogP contribution in [0.4, 0.5) is 0 Å². The van der Waals surface area contributed by atoms with Crippen LogP contribution in [0.15, 0.2) is 0 Å². The molecule has 52 valence electrons. The van der Waals surface area contributed by atoms with Crippen molar-refractivity contribution in [2.75, 3.05) is 0 Å². The van der Waals surface area contributed by atoms with E-state index in [4.69, 9.17) is 10.8 Å². The van der Waals surface area contributed by atoms with Crippen molar-refractivity contribution in [1.29, 1.82) is 0 Å². The van der Waals surface area contributed by atoms with Gasteiger partial charge in [0, 0.05) is 0 Å². The van der Waals surface area contributed by atoms with Gasteiger partial charge >= 0.3 is 0 Å². The van der Waals surface area contributed by atoms with Crippen molar-refractivity contribution in [1.82, 2.24) is 0 Å². The van der Waals surface area contributed by atoms with Gasteiger partial charge < -0.3 is 4.43 Å². The Morgan fingerprint density at radius 3 is 2.00 bits per heavy atom. The van der Waals surface area contributed by atoms with Crippen molar-refractivity contribution in [3.8, 4) is 12.3 Å². The SMILES string of the molecule is C#CC(C)(C)O[SiH](C)C. The molecule has 0 saturated carbocycles. The second-order valence-electron chi connectivity index (χ2n) is 2.82. The molecule has 0 aromatic carbocycles. The minimum Gasteiger partial charge on any atom is -0.405 e. The third-order valence-corrected chi connectivity index (χ3v) is 1.94. The van der Waals surface area contributed by atoms with Crippen molar-refractivity contribution < 1.29 is 4.43 Å². The predicted molar refractivity (Wildman–Crippen MR) is 42.9 cm³/mol. The predicted octanol–water partition coefficient (Wildman–Crippen LogP) is 1.40. The third kappa shape index (κ3) is 4.25. The molecule has 0 atom stereocenters. The second kappa shape index (κ2) is 3.05. The lowest BCUT2D eigenvalue weighted by Gasteiger charge is -2.21. The van der Waals surface area contributed by atoms with Crippen molar-refractivity contribution in [2.45, 2.75) is 32.5 Å². The van der Waals surface area contributed by atoms with Crippen molar-refractivity contribution in [3.05, 3.63) is 0 Å². The molecular formula is C7H14OSi. The molecule has 0 N–H and O–H groups in total. The first kappa shape index (κ1) is 8.74. The summed E-state index contributed by atoms with van der Waals surface area (Å²) in [5, 5.41) is 0. The van der Waals surface area contributed by atoms with Gasteiger partial charge in [0.1, 0.15) is 5.60 Å². The zero-order chi connectivity index (χ0) is 7.49. The Bertz CT molecular complexity index is 121. The molecule has 0 heterocycles. The van der Waals surface area contributed by atoms with E-state index in [-0.39, 0.29) is 5.60 Å². The van der Waals surface area contributed by atoms with Crippen molar-refractivity contribution in [3.63, 3.8) is 0 Å². The van der Waals surface area contributed by atoms with E-state index < -0.39 is 9.04 Å². The van der Waals surface area contributed by atoms with Crippen molar-refractivity contribution >= 4 is 9.04 Å². The molecule has 0 bridgehead atoms. The van der Waals surface area contributed by atoms with Gasteiger partial charge in [0.2, 0.25) is 0 Å². The standard InChI is InChI=1S/C7H14OSi/c1-6-7(2,3)8-9(4)5/h1,9H,2-5H3. The molecule has 0 rings (SSSR count). The van der Waals surface area contributed by atoms with Crippen LogP contribution in [-0.2, 0) is 4.43 Å². The molecule has 0 aromatic heterocycles. The highest BCUT2D eigenvalue weighted by molar-refractivity contribution is 6.48. The van der Waals surface area contributed by atoms with Gasteiger partial charge in [-0.15, -0.1) is 6.42 Å². The maximum atomic E-state index is 5.49. The van der Waals surface area contributed by atoms with Crippen molar-refractivity contribution in [2.24, 2.45) is 0 Å². The van der Waals surface area contributed by atoms with E-state index in [1.165, 1.54) is 0 Å². The van der Waals surface area contributed by atoms with Gasteiger partial charge in [0.05, 0.1) is 0 Å². The fourth-order valence-electron chi connectivity index (χ4n) is 0.623. The molecule has 0 aromatic rings. The first-order valence-corrected chi connectivity index (χ1v) is 5.91. The van der Waals surface area contributed by atoms with Crippen LogP contribution in [0.2, 0.25) is 13.1 Å². The van der Waals surface area contributed by atoms with E-state index in [9.17, 15) is 0 Å². The smallest absolute Gasteiger partial charge is 0.172 e. The Labute approximate surface area is 59.1 Å². The maximum absolute atomic E-state index is 5.49. The number of hydrogen-bond acceptors (Lipinski definition) is 1. The molecule has 2 heteroatoms. The summed E-state index contributed by atoms with van der Waals surface area (Å²) < 4.78 is 5.49. The Kier molecular flexibility index (Phi) is 2.96. The molecule has 1 nitrogen and oxygen atoms in total. The first-order chi connectivity index (χ1) is 3.98. The summed E-state index contributed by atoms with van der Waals surface area (Å²) >= 11 is 0. The molecule has 0 unspecified atom stereocenters. The van der Waals surface area contributed by atoms with Crippen LogP contribution < -0.4 is 0 Å². The van der Waals surface area contributed by atoms with E-state index in [1.807, 2.05) is 13.8 Å². The average molecular weight is 142 g/mol. The molecule has 0 aliphatic rings.